The summed E-state index contributed by atoms with van der Waals surface area (Å²) in [6.45, 7) is 10.3. The standard InChI is InChI=1S/C20H28N2O3/c1-6-14-8-9-16-15(13-25-17(16)10-14)11-19(24)22(7-2)12-18(23)21-20(3,4)5/h8-10,13H,6-7,11-12H2,1-5H3,(H,21,23). The average molecular weight is 344 g/mol. The van der Waals surface area contributed by atoms with Gasteiger partial charge in [-0.1, -0.05) is 19.1 Å². The maximum atomic E-state index is 12.6. The fraction of sp³-hybridized carbons (Fsp3) is 0.500. The van der Waals surface area contributed by atoms with Gasteiger partial charge in [0, 0.05) is 23.0 Å². The predicted octanol–water partition coefficient (Wildman–Crippen LogP) is 3.30. The van der Waals surface area contributed by atoms with Crippen LogP contribution in [0.3, 0.4) is 0 Å². The number of carbonyl (C=O) groups is 2. The number of nitrogens with one attached hydrogen (secondary N) is 1. The maximum Gasteiger partial charge on any atom is 0.240 e. The van der Waals surface area contributed by atoms with Crippen molar-refractivity contribution in [2.75, 3.05) is 13.1 Å². The van der Waals surface area contributed by atoms with Gasteiger partial charge in [0.15, 0.2) is 0 Å². The molecule has 0 unspecified atom stereocenters. The molecule has 5 heteroatoms. The third kappa shape index (κ3) is 5.08. The van der Waals surface area contributed by atoms with E-state index in [1.165, 1.54) is 5.56 Å². The highest BCUT2D eigenvalue weighted by Crippen LogP contribution is 2.23. The highest BCUT2D eigenvalue weighted by Gasteiger charge is 2.20. The second-order valence-corrected chi connectivity index (χ2v) is 7.33. The largest absolute Gasteiger partial charge is 0.464 e. The molecule has 0 fully saturated rings. The number of benzene rings is 1. The Morgan fingerprint density at radius 2 is 1.92 bits per heavy atom. The van der Waals surface area contributed by atoms with Gasteiger partial charge in [0.2, 0.25) is 11.8 Å². The molecule has 136 valence electrons. The fourth-order valence-corrected chi connectivity index (χ4v) is 2.77. The normalized spacial score (nSPS) is 11.6. The number of carbonyl (C=O) groups excluding carboxylic acids is 2. The van der Waals surface area contributed by atoms with Crippen LogP contribution in [0.1, 0.15) is 45.7 Å². The molecule has 0 radical (unpaired) electrons. The van der Waals surface area contributed by atoms with Crippen LogP contribution in [0.4, 0.5) is 0 Å². The summed E-state index contributed by atoms with van der Waals surface area (Å²) < 4.78 is 5.60. The fourth-order valence-electron chi connectivity index (χ4n) is 2.77. The number of hydrogen-bond donors (Lipinski definition) is 1. The Morgan fingerprint density at radius 3 is 2.52 bits per heavy atom. The molecule has 0 saturated heterocycles. The average Bonchev–Trinajstić information content (AvgIpc) is 2.92. The van der Waals surface area contributed by atoms with Crippen molar-refractivity contribution in [2.45, 2.75) is 53.0 Å². The topological polar surface area (TPSA) is 62.6 Å². The van der Waals surface area contributed by atoms with Crippen LogP contribution in [0.15, 0.2) is 28.9 Å². The first-order valence-electron chi connectivity index (χ1n) is 8.81. The van der Waals surface area contributed by atoms with E-state index >= 15 is 0 Å². The lowest BCUT2D eigenvalue weighted by Crippen LogP contribution is -2.47. The van der Waals surface area contributed by atoms with E-state index in [1.54, 1.807) is 11.2 Å². The molecular formula is C20H28N2O3. The molecule has 0 spiro atoms. The van der Waals surface area contributed by atoms with Gasteiger partial charge in [0.25, 0.3) is 0 Å². The van der Waals surface area contributed by atoms with Crippen molar-refractivity contribution < 1.29 is 14.0 Å². The molecule has 2 rings (SSSR count). The zero-order valence-corrected chi connectivity index (χ0v) is 15.8. The third-order valence-corrected chi connectivity index (χ3v) is 4.05. The van der Waals surface area contributed by atoms with Crippen LogP contribution >= 0.6 is 0 Å². The summed E-state index contributed by atoms with van der Waals surface area (Å²) in [6, 6.07) is 6.07. The van der Waals surface area contributed by atoms with Gasteiger partial charge in [-0.05, 0) is 45.7 Å². The van der Waals surface area contributed by atoms with Gasteiger partial charge >= 0.3 is 0 Å². The van der Waals surface area contributed by atoms with Crippen LogP contribution in [0.25, 0.3) is 11.0 Å². The van der Waals surface area contributed by atoms with Crippen LogP contribution in [0, 0.1) is 0 Å². The van der Waals surface area contributed by atoms with Crippen molar-refractivity contribution in [1.82, 2.24) is 10.2 Å². The molecule has 1 heterocycles. The summed E-state index contributed by atoms with van der Waals surface area (Å²) in [4.78, 5) is 26.3. The van der Waals surface area contributed by atoms with E-state index in [1.807, 2.05) is 39.8 Å². The molecule has 0 aliphatic rings. The van der Waals surface area contributed by atoms with Gasteiger partial charge in [0.1, 0.15) is 5.58 Å². The van der Waals surface area contributed by atoms with Crippen molar-refractivity contribution in [1.29, 1.82) is 0 Å². The summed E-state index contributed by atoms with van der Waals surface area (Å²) in [5, 5.41) is 3.85. The number of nitrogens with zero attached hydrogens (tertiary/aromatic N) is 1. The zero-order chi connectivity index (χ0) is 18.6. The molecule has 0 aliphatic carbocycles. The van der Waals surface area contributed by atoms with Crippen LogP contribution < -0.4 is 5.32 Å². The Balaban J connectivity index is 2.08. The van der Waals surface area contributed by atoms with E-state index in [2.05, 4.69) is 18.3 Å². The Labute approximate surface area is 149 Å². The summed E-state index contributed by atoms with van der Waals surface area (Å²) in [6.07, 6.45) is 2.82. The summed E-state index contributed by atoms with van der Waals surface area (Å²) in [7, 11) is 0. The minimum Gasteiger partial charge on any atom is -0.464 e. The monoisotopic (exact) mass is 344 g/mol. The highest BCUT2D eigenvalue weighted by atomic mass is 16.3. The minimum absolute atomic E-state index is 0.0718. The molecule has 25 heavy (non-hydrogen) atoms. The molecule has 0 atom stereocenters. The molecule has 5 nitrogen and oxygen atoms in total. The van der Waals surface area contributed by atoms with Gasteiger partial charge in [0.05, 0.1) is 19.2 Å². The highest BCUT2D eigenvalue weighted by molar-refractivity contribution is 5.90. The van der Waals surface area contributed by atoms with Crippen molar-refractivity contribution >= 4 is 22.8 Å². The molecular weight excluding hydrogens is 316 g/mol. The van der Waals surface area contributed by atoms with Gasteiger partial charge in [-0.25, -0.2) is 0 Å². The number of furan rings is 1. The second-order valence-electron chi connectivity index (χ2n) is 7.33. The van der Waals surface area contributed by atoms with Gasteiger partial charge in [-0.2, -0.15) is 0 Å². The van der Waals surface area contributed by atoms with E-state index in [-0.39, 0.29) is 30.3 Å². The Morgan fingerprint density at radius 1 is 1.20 bits per heavy atom. The van der Waals surface area contributed by atoms with E-state index in [9.17, 15) is 9.59 Å². The number of likely N-dealkylation sites (N-methyl/N-ethyl adjacent to an activating group) is 1. The quantitative estimate of drug-likeness (QED) is 0.874. The van der Waals surface area contributed by atoms with Crippen LogP contribution in [0.5, 0.6) is 0 Å². The van der Waals surface area contributed by atoms with Crippen LogP contribution in [-0.4, -0.2) is 35.3 Å². The Hall–Kier alpha value is -2.30. The van der Waals surface area contributed by atoms with Crippen molar-refractivity contribution in [2.24, 2.45) is 0 Å². The first kappa shape index (κ1) is 19.0. The van der Waals surface area contributed by atoms with E-state index < -0.39 is 0 Å². The van der Waals surface area contributed by atoms with E-state index in [4.69, 9.17) is 4.42 Å². The number of hydrogen-bond acceptors (Lipinski definition) is 3. The van der Waals surface area contributed by atoms with Gasteiger partial charge in [-0.15, -0.1) is 0 Å². The number of amides is 2. The van der Waals surface area contributed by atoms with Crippen LogP contribution in [0.2, 0.25) is 0 Å². The van der Waals surface area contributed by atoms with Crippen molar-refractivity contribution in [3.8, 4) is 0 Å². The Bertz CT molecular complexity index is 756. The summed E-state index contributed by atoms with van der Waals surface area (Å²) >= 11 is 0. The minimum atomic E-state index is -0.308. The lowest BCUT2D eigenvalue weighted by molar-refractivity contribution is -0.135. The maximum absolute atomic E-state index is 12.6. The molecule has 1 aromatic heterocycles. The summed E-state index contributed by atoms with van der Waals surface area (Å²) in [5.41, 5.74) is 2.55. The molecule has 2 aromatic rings. The zero-order valence-electron chi connectivity index (χ0n) is 15.8. The molecule has 1 N–H and O–H groups in total. The lowest BCUT2D eigenvalue weighted by Gasteiger charge is -2.25. The van der Waals surface area contributed by atoms with Gasteiger partial charge in [-0.3, -0.25) is 9.59 Å². The Kier molecular flexibility index (Phi) is 5.88. The molecule has 0 bridgehead atoms. The smallest absolute Gasteiger partial charge is 0.240 e. The predicted molar refractivity (Wildman–Crippen MR) is 99.4 cm³/mol. The number of aryl methyl sites for hydroxylation is 1. The first-order chi connectivity index (χ1) is 11.7. The van der Waals surface area contributed by atoms with Gasteiger partial charge < -0.3 is 14.6 Å². The first-order valence-corrected chi connectivity index (χ1v) is 8.81. The molecule has 2 amide bonds. The SMILES string of the molecule is CCc1ccc2c(CC(=O)N(CC)CC(=O)NC(C)(C)C)coc2c1. The molecule has 1 aromatic carbocycles. The van der Waals surface area contributed by atoms with E-state index in [0.29, 0.717) is 6.54 Å². The van der Waals surface area contributed by atoms with Crippen molar-refractivity contribution in [3.05, 3.63) is 35.6 Å². The van der Waals surface area contributed by atoms with E-state index in [0.717, 1.165) is 23.0 Å². The lowest BCUT2D eigenvalue weighted by atomic mass is 10.1. The molecule has 0 saturated carbocycles. The summed E-state index contributed by atoms with van der Waals surface area (Å²) in [5.74, 6) is -0.221. The van der Waals surface area contributed by atoms with Crippen LogP contribution in [-0.2, 0) is 22.4 Å². The third-order valence-electron chi connectivity index (χ3n) is 4.05. The molecule has 0 aliphatic heterocycles. The second kappa shape index (κ2) is 7.72. The number of rotatable bonds is 6. The van der Waals surface area contributed by atoms with Crippen molar-refractivity contribution in [3.63, 3.8) is 0 Å². The number of fused-ring (bicyclic) bond motifs is 1.